The van der Waals surface area contributed by atoms with Crippen LogP contribution in [0.15, 0.2) is 59.6 Å². The fraction of sp³-hybridized carbons (Fsp3) is 0.278. The highest BCUT2D eigenvalue weighted by molar-refractivity contribution is 14.0. The third-order valence-electron chi connectivity index (χ3n) is 3.23. The zero-order valence-electron chi connectivity index (χ0n) is 13.6. The maximum absolute atomic E-state index is 12.8. The average Bonchev–Trinajstić information content (AvgIpc) is 2.56. The highest BCUT2D eigenvalue weighted by Crippen LogP contribution is 2.12. The summed E-state index contributed by atoms with van der Waals surface area (Å²) in [5, 5.41) is 3.08. The van der Waals surface area contributed by atoms with Crippen LogP contribution in [0, 0.1) is 5.82 Å². The Morgan fingerprint density at radius 2 is 1.83 bits per heavy atom. The van der Waals surface area contributed by atoms with Crippen molar-refractivity contribution in [1.82, 2.24) is 5.32 Å². The first-order valence-corrected chi connectivity index (χ1v) is 7.63. The van der Waals surface area contributed by atoms with Crippen molar-refractivity contribution < 1.29 is 9.13 Å². The van der Waals surface area contributed by atoms with Crippen LogP contribution < -0.4 is 15.8 Å². The first kappa shape index (κ1) is 20.2. The lowest BCUT2D eigenvalue weighted by atomic mass is 10.1. The number of hydrogen-bond donors (Lipinski definition) is 2. The quantitative estimate of drug-likeness (QED) is 0.392. The van der Waals surface area contributed by atoms with Crippen LogP contribution in [0.4, 0.5) is 4.39 Å². The van der Waals surface area contributed by atoms with Crippen LogP contribution in [0.1, 0.15) is 12.5 Å². The number of rotatable bonds is 7. The second-order valence-electron chi connectivity index (χ2n) is 5.27. The van der Waals surface area contributed by atoms with Gasteiger partial charge in [-0.2, -0.15) is 0 Å². The average molecular weight is 443 g/mol. The molecule has 2 aromatic rings. The number of aliphatic imine (C=N–C) groups is 1. The summed E-state index contributed by atoms with van der Waals surface area (Å²) < 4.78 is 18.5. The minimum Gasteiger partial charge on any atom is -0.489 e. The number of nitrogens with one attached hydrogen (secondary N) is 1. The Balaban J connectivity index is 0.00000288. The molecule has 0 aliphatic heterocycles. The summed E-state index contributed by atoms with van der Waals surface area (Å²) in [6.07, 6.45) is 0.744. The van der Waals surface area contributed by atoms with Gasteiger partial charge in [-0.1, -0.05) is 30.3 Å². The van der Waals surface area contributed by atoms with Gasteiger partial charge >= 0.3 is 0 Å². The zero-order valence-corrected chi connectivity index (χ0v) is 15.9. The summed E-state index contributed by atoms with van der Waals surface area (Å²) in [7, 11) is 0. The van der Waals surface area contributed by atoms with E-state index in [1.54, 1.807) is 12.1 Å². The van der Waals surface area contributed by atoms with E-state index in [1.165, 1.54) is 17.7 Å². The number of guanidine groups is 1. The Labute approximate surface area is 159 Å². The van der Waals surface area contributed by atoms with Crippen LogP contribution in [-0.2, 0) is 6.42 Å². The van der Waals surface area contributed by atoms with Crippen LogP contribution in [0.2, 0.25) is 0 Å². The normalized spacial score (nSPS) is 12.2. The van der Waals surface area contributed by atoms with Crippen LogP contribution >= 0.6 is 24.0 Å². The van der Waals surface area contributed by atoms with Gasteiger partial charge in [0, 0.05) is 6.54 Å². The first-order valence-electron chi connectivity index (χ1n) is 7.63. The van der Waals surface area contributed by atoms with Gasteiger partial charge in [-0.3, -0.25) is 0 Å². The zero-order chi connectivity index (χ0) is 16.5. The van der Waals surface area contributed by atoms with Crippen LogP contribution in [-0.4, -0.2) is 25.2 Å². The van der Waals surface area contributed by atoms with E-state index in [4.69, 9.17) is 10.5 Å². The number of nitrogens with two attached hydrogens (primary N) is 1. The van der Waals surface area contributed by atoms with E-state index in [2.05, 4.69) is 22.4 Å². The lowest BCUT2D eigenvalue weighted by Crippen LogP contribution is -2.34. The fourth-order valence-corrected chi connectivity index (χ4v) is 2.05. The first-order chi connectivity index (χ1) is 11.1. The number of ether oxygens (including phenoxy) is 1. The molecule has 1 unspecified atom stereocenters. The highest BCUT2D eigenvalue weighted by atomic mass is 127. The van der Waals surface area contributed by atoms with E-state index in [0.717, 1.165) is 13.0 Å². The van der Waals surface area contributed by atoms with Gasteiger partial charge in [-0.15, -0.1) is 24.0 Å². The lowest BCUT2D eigenvalue weighted by molar-refractivity contribution is 0.230. The van der Waals surface area contributed by atoms with E-state index >= 15 is 0 Å². The molecule has 4 nitrogen and oxygen atoms in total. The largest absolute Gasteiger partial charge is 0.489 e. The van der Waals surface area contributed by atoms with Gasteiger partial charge in [-0.05, 0) is 43.2 Å². The Kier molecular flexibility index (Phi) is 9.14. The minimum atomic E-state index is -0.283. The second kappa shape index (κ2) is 10.9. The van der Waals surface area contributed by atoms with Gasteiger partial charge in [-0.25, -0.2) is 9.38 Å². The van der Waals surface area contributed by atoms with Crippen LogP contribution in [0.25, 0.3) is 0 Å². The molecule has 6 heteroatoms. The molecule has 0 saturated carbocycles. The minimum absolute atomic E-state index is 0. The molecule has 0 spiro atoms. The Morgan fingerprint density at radius 3 is 2.50 bits per heavy atom. The van der Waals surface area contributed by atoms with Crippen molar-refractivity contribution in [2.24, 2.45) is 10.7 Å². The smallest absolute Gasteiger partial charge is 0.188 e. The summed E-state index contributed by atoms with van der Waals surface area (Å²) >= 11 is 0. The highest BCUT2D eigenvalue weighted by Gasteiger charge is 2.04. The topological polar surface area (TPSA) is 59.6 Å². The number of halogens is 2. The summed E-state index contributed by atoms with van der Waals surface area (Å²) in [6.45, 7) is 3.05. The molecule has 130 valence electrons. The third-order valence-corrected chi connectivity index (χ3v) is 3.23. The number of benzene rings is 2. The molecule has 1 atom stereocenters. The predicted octanol–water partition coefficient (Wildman–Crippen LogP) is 3.36. The van der Waals surface area contributed by atoms with Gasteiger partial charge in [0.2, 0.25) is 0 Å². The summed E-state index contributed by atoms with van der Waals surface area (Å²) in [6, 6.07) is 16.1. The monoisotopic (exact) mass is 443 g/mol. The fourth-order valence-electron chi connectivity index (χ4n) is 2.05. The maximum Gasteiger partial charge on any atom is 0.188 e. The molecule has 0 aliphatic carbocycles. The molecule has 2 rings (SSSR count). The molecule has 0 heterocycles. The van der Waals surface area contributed by atoms with Crippen molar-refractivity contribution in [1.29, 1.82) is 0 Å². The molecule has 0 saturated heterocycles. The van der Waals surface area contributed by atoms with Crippen LogP contribution in [0.5, 0.6) is 5.75 Å². The lowest BCUT2D eigenvalue weighted by Gasteiger charge is -2.13. The molecule has 0 fully saturated rings. The molecule has 0 aromatic heterocycles. The standard InChI is InChI=1S/C18H22FN3O.HI/c1-14(23-17-9-7-16(19)8-10-17)13-22-18(20)21-12-11-15-5-3-2-4-6-15;/h2-10,14H,11-13H2,1H3,(H3,20,21,22);1H. The van der Waals surface area contributed by atoms with Gasteiger partial charge in [0.15, 0.2) is 5.96 Å². The third kappa shape index (κ3) is 7.63. The number of nitrogens with zero attached hydrogens (tertiary/aromatic N) is 1. The second-order valence-corrected chi connectivity index (χ2v) is 5.27. The predicted molar refractivity (Wildman–Crippen MR) is 107 cm³/mol. The van der Waals surface area contributed by atoms with Crippen LogP contribution in [0.3, 0.4) is 0 Å². The molecular weight excluding hydrogens is 420 g/mol. The summed E-state index contributed by atoms with van der Waals surface area (Å²) in [4.78, 5) is 4.25. The molecule has 0 radical (unpaired) electrons. The van der Waals surface area contributed by atoms with Crippen molar-refractivity contribution in [2.75, 3.05) is 13.1 Å². The summed E-state index contributed by atoms with van der Waals surface area (Å²) in [5.74, 6) is 0.732. The Hall–Kier alpha value is -1.83. The van der Waals surface area contributed by atoms with Crippen molar-refractivity contribution in [3.8, 4) is 5.75 Å². The number of hydrogen-bond acceptors (Lipinski definition) is 2. The van der Waals surface area contributed by atoms with E-state index in [9.17, 15) is 4.39 Å². The van der Waals surface area contributed by atoms with Crippen molar-refractivity contribution in [2.45, 2.75) is 19.4 Å². The Bertz CT molecular complexity index is 620. The molecule has 0 bridgehead atoms. The van der Waals surface area contributed by atoms with E-state index in [1.807, 2.05) is 25.1 Å². The Morgan fingerprint density at radius 1 is 1.17 bits per heavy atom. The van der Waals surface area contributed by atoms with E-state index in [-0.39, 0.29) is 35.9 Å². The molecule has 0 aliphatic rings. The van der Waals surface area contributed by atoms with Gasteiger partial charge in [0.25, 0.3) is 0 Å². The SMILES string of the molecule is CC(CN=C(N)NCCc1ccccc1)Oc1ccc(F)cc1.I. The van der Waals surface area contributed by atoms with Gasteiger partial charge in [0.1, 0.15) is 17.7 Å². The van der Waals surface area contributed by atoms with Crippen molar-refractivity contribution in [3.05, 3.63) is 66.0 Å². The maximum atomic E-state index is 12.8. The molecular formula is C18H23FIN3O. The van der Waals surface area contributed by atoms with Gasteiger partial charge in [0.05, 0.1) is 6.54 Å². The van der Waals surface area contributed by atoms with E-state index < -0.39 is 0 Å². The molecule has 2 aromatic carbocycles. The van der Waals surface area contributed by atoms with Gasteiger partial charge < -0.3 is 15.8 Å². The van der Waals surface area contributed by atoms with Crippen molar-refractivity contribution in [3.63, 3.8) is 0 Å². The molecule has 24 heavy (non-hydrogen) atoms. The molecule has 3 N–H and O–H groups in total. The van der Waals surface area contributed by atoms with E-state index in [0.29, 0.717) is 18.3 Å². The molecule has 0 amide bonds. The summed E-state index contributed by atoms with van der Waals surface area (Å²) in [5.41, 5.74) is 7.08. The van der Waals surface area contributed by atoms with Crippen molar-refractivity contribution >= 4 is 29.9 Å².